The summed E-state index contributed by atoms with van der Waals surface area (Å²) >= 11 is 0. The topological polar surface area (TPSA) is 38.3 Å². The lowest BCUT2D eigenvalue weighted by atomic mass is 9.94. The summed E-state index contributed by atoms with van der Waals surface area (Å²) in [4.78, 5) is 12.7. The first-order chi connectivity index (χ1) is 11.8. The summed E-state index contributed by atoms with van der Waals surface area (Å²) < 4.78 is 6.02. The first-order valence-corrected chi connectivity index (χ1v) is 8.91. The van der Waals surface area contributed by atoms with Gasteiger partial charge in [-0.1, -0.05) is 49.4 Å². The molecule has 3 nitrogen and oxygen atoms in total. The third kappa shape index (κ3) is 5.35. The number of ether oxygens (including phenoxy) is 1. The Labute approximate surface area is 151 Å². The van der Waals surface area contributed by atoms with Crippen LogP contribution >= 0.6 is 0 Å². The molecule has 0 aliphatic heterocycles. The first kappa shape index (κ1) is 19.0. The average molecular weight is 339 g/mol. The van der Waals surface area contributed by atoms with E-state index in [4.69, 9.17) is 4.74 Å². The number of carbonyl (C=O) groups excluding carboxylic acids is 1. The standard InChI is InChI=1S/C22H29NO2/c1-6-19(25-20-14-10-11-16(2)17(20)3)21(24)23-22(4,5)15-18-12-8-7-9-13-18/h7-14,19H,6,15H2,1-5H3,(H,23,24)/t19-/m0/s1. The van der Waals surface area contributed by atoms with Gasteiger partial charge in [-0.05, 0) is 63.3 Å². The van der Waals surface area contributed by atoms with E-state index in [0.717, 1.165) is 23.3 Å². The van der Waals surface area contributed by atoms with E-state index in [0.29, 0.717) is 6.42 Å². The summed E-state index contributed by atoms with van der Waals surface area (Å²) in [5.74, 6) is 0.715. The highest BCUT2D eigenvalue weighted by atomic mass is 16.5. The lowest BCUT2D eigenvalue weighted by molar-refractivity contribution is -0.129. The van der Waals surface area contributed by atoms with E-state index in [1.54, 1.807) is 0 Å². The Morgan fingerprint density at radius 3 is 2.40 bits per heavy atom. The molecule has 0 aliphatic carbocycles. The van der Waals surface area contributed by atoms with Crippen LogP contribution in [0.5, 0.6) is 5.75 Å². The van der Waals surface area contributed by atoms with Crippen LogP contribution in [0.3, 0.4) is 0 Å². The van der Waals surface area contributed by atoms with Crippen molar-refractivity contribution in [3.8, 4) is 5.75 Å². The fourth-order valence-corrected chi connectivity index (χ4v) is 2.89. The predicted molar refractivity (Wildman–Crippen MR) is 103 cm³/mol. The van der Waals surface area contributed by atoms with Crippen molar-refractivity contribution < 1.29 is 9.53 Å². The second kappa shape index (κ2) is 8.19. The molecule has 0 aromatic heterocycles. The van der Waals surface area contributed by atoms with E-state index in [9.17, 15) is 4.79 Å². The molecule has 134 valence electrons. The Morgan fingerprint density at radius 2 is 1.76 bits per heavy atom. The van der Waals surface area contributed by atoms with Crippen molar-refractivity contribution >= 4 is 5.91 Å². The Kier molecular flexibility index (Phi) is 6.24. The van der Waals surface area contributed by atoms with E-state index in [-0.39, 0.29) is 11.4 Å². The molecule has 1 atom stereocenters. The van der Waals surface area contributed by atoms with Crippen molar-refractivity contribution in [3.05, 3.63) is 65.2 Å². The van der Waals surface area contributed by atoms with Gasteiger partial charge in [-0.15, -0.1) is 0 Å². The number of benzene rings is 2. The summed E-state index contributed by atoms with van der Waals surface area (Å²) in [5, 5.41) is 3.15. The molecule has 0 aliphatic rings. The van der Waals surface area contributed by atoms with Gasteiger partial charge in [0.1, 0.15) is 5.75 Å². The van der Waals surface area contributed by atoms with Crippen LogP contribution in [-0.2, 0) is 11.2 Å². The van der Waals surface area contributed by atoms with Crippen LogP contribution in [0.1, 0.15) is 43.9 Å². The minimum Gasteiger partial charge on any atom is -0.480 e. The molecular weight excluding hydrogens is 310 g/mol. The molecule has 0 saturated carbocycles. The first-order valence-electron chi connectivity index (χ1n) is 8.91. The van der Waals surface area contributed by atoms with Crippen LogP contribution in [0, 0.1) is 13.8 Å². The minimum atomic E-state index is -0.490. The molecule has 0 saturated heterocycles. The normalized spacial score (nSPS) is 12.5. The Balaban J connectivity index is 2.05. The molecule has 2 aromatic carbocycles. The molecule has 0 heterocycles. The maximum Gasteiger partial charge on any atom is 0.261 e. The van der Waals surface area contributed by atoms with Gasteiger partial charge in [-0.3, -0.25) is 4.79 Å². The molecule has 0 spiro atoms. The molecule has 2 aromatic rings. The van der Waals surface area contributed by atoms with Gasteiger partial charge in [0, 0.05) is 5.54 Å². The molecule has 25 heavy (non-hydrogen) atoms. The Hall–Kier alpha value is -2.29. The van der Waals surface area contributed by atoms with E-state index in [1.165, 1.54) is 5.56 Å². The Morgan fingerprint density at radius 1 is 1.08 bits per heavy atom. The summed E-state index contributed by atoms with van der Waals surface area (Å²) in [6.45, 7) is 10.1. The third-order valence-electron chi connectivity index (χ3n) is 4.44. The van der Waals surface area contributed by atoms with E-state index in [2.05, 4.69) is 17.4 Å². The van der Waals surface area contributed by atoms with Gasteiger partial charge < -0.3 is 10.1 Å². The van der Waals surface area contributed by atoms with Crippen LogP contribution in [-0.4, -0.2) is 17.6 Å². The quantitative estimate of drug-likeness (QED) is 0.801. The highest BCUT2D eigenvalue weighted by Gasteiger charge is 2.26. The van der Waals surface area contributed by atoms with Gasteiger partial charge in [0.05, 0.1) is 0 Å². The van der Waals surface area contributed by atoms with Crippen LogP contribution in [0.2, 0.25) is 0 Å². The van der Waals surface area contributed by atoms with Crippen molar-refractivity contribution in [2.75, 3.05) is 0 Å². The maximum atomic E-state index is 12.7. The Bertz CT molecular complexity index is 707. The monoisotopic (exact) mass is 339 g/mol. The van der Waals surface area contributed by atoms with Gasteiger partial charge in [0.15, 0.2) is 6.10 Å². The number of rotatable bonds is 7. The van der Waals surface area contributed by atoms with Crippen LogP contribution in [0.25, 0.3) is 0 Å². The van der Waals surface area contributed by atoms with Gasteiger partial charge in [0.2, 0.25) is 0 Å². The fourth-order valence-electron chi connectivity index (χ4n) is 2.89. The van der Waals surface area contributed by atoms with Gasteiger partial charge in [0.25, 0.3) is 5.91 Å². The van der Waals surface area contributed by atoms with Crippen molar-refractivity contribution in [1.29, 1.82) is 0 Å². The smallest absolute Gasteiger partial charge is 0.261 e. The summed E-state index contributed by atoms with van der Waals surface area (Å²) in [6.07, 6.45) is 0.913. The van der Waals surface area contributed by atoms with Crippen molar-refractivity contribution in [3.63, 3.8) is 0 Å². The highest BCUT2D eigenvalue weighted by Crippen LogP contribution is 2.23. The number of aryl methyl sites for hydroxylation is 1. The summed E-state index contributed by atoms with van der Waals surface area (Å²) in [5.41, 5.74) is 3.11. The number of hydrogen-bond acceptors (Lipinski definition) is 2. The van der Waals surface area contributed by atoms with Crippen molar-refractivity contribution in [1.82, 2.24) is 5.32 Å². The summed E-state index contributed by atoms with van der Waals surface area (Å²) in [7, 11) is 0. The zero-order chi connectivity index (χ0) is 18.4. The number of amides is 1. The molecule has 0 bridgehead atoms. The molecule has 2 rings (SSSR count). The third-order valence-corrected chi connectivity index (χ3v) is 4.44. The largest absolute Gasteiger partial charge is 0.480 e. The van der Waals surface area contributed by atoms with Crippen molar-refractivity contribution in [2.24, 2.45) is 0 Å². The van der Waals surface area contributed by atoms with E-state index < -0.39 is 6.10 Å². The lowest BCUT2D eigenvalue weighted by Gasteiger charge is -2.29. The zero-order valence-electron chi connectivity index (χ0n) is 15.9. The molecular formula is C22H29NO2. The van der Waals surface area contributed by atoms with Gasteiger partial charge in [-0.2, -0.15) is 0 Å². The second-order valence-electron chi connectivity index (χ2n) is 7.25. The zero-order valence-corrected chi connectivity index (χ0v) is 15.9. The SMILES string of the molecule is CC[C@H](Oc1cccc(C)c1C)C(=O)NC(C)(C)Cc1ccccc1. The number of nitrogens with one attached hydrogen (secondary N) is 1. The van der Waals surface area contributed by atoms with Crippen LogP contribution in [0.15, 0.2) is 48.5 Å². The number of hydrogen-bond donors (Lipinski definition) is 1. The average Bonchev–Trinajstić information content (AvgIpc) is 2.56. The summed E-state index contributed by atoms with van der Waals surface area (Å²) in [6, 6.07) is 16.1. The molecule has 0 fully saturated rings. The number of carbonyl (C=O) groups is 1. The van der Waals surface area contributed by atoms with E-state index in [1.807, 2.05) is 71.0 Å². The second-order valence-corrected chi connectivity index (χ2v) is 7.25. The molecule has 1 N–H and O–H groups in total. The lowest BCUT2D eigenvalue weighted by Crippen LogP contribution is -2.50. The van der Waals surface area contributed by atoms with Gasteiger partial charge >= 0.3 is 0 Å². The molecule has 0 unspecified atom stereocenters. The fraction of sp³-hybridized carbons (Fsp3) is 0.409. The maximum absolute atomic E-state index is 12.7. The van der Waals surface area contributed by atoms with E-state index >= 15 is 0 Å². The van der Waals surface area contributed by atoms with Crippen LogP contribution < -0.4 is 10.1 Å². The predicted octanol–water partition coefficient (Wildman–Crippen LogP) is 4.60. The van der Waals surface area contributed by atoms with Crippen LogP contribution in [0.4, 0.5) is 0 Å². The minimum absolute atomic E-state index is 0.0654. The highest BCUT2D eigenvalue weighted by molar-refractivity contribution is 5.81. The van der Waals surface area contributed by atoms with Crippen molar-refractivity contribution in [2.45, 2.75) is 59.1 Å². The molecule has 3 heteroatoms. The molecule has 1 amide bonds. The van der Waals surface area contributed by atoms with Gasteiger partial charge in [-0.25, -0.2) is 0 Å². The molecule has 0 radical (unpaired) electrons.